The summed E-state index contributed by atoms with van der Waals surface area (Å²) in [5.41, 5.74) is 2.57. The first-order chi connectivity index (χ1) is 14.9. The van der Waals surface area contributed by atoms with E-state index in [2.05, 4.69) is 20.4 Å². The molecule has 0 bridgehead atoms. The Morgan fingerprint density at radius 2 is 2.16 bits per heavy atom. The Hall–Kier alpha value is -3.42. The van der Waals surface area contributed by atoms with E-state index in [1.165, 1.54) is 0 Å². The van der Waals surface area contributed by atoms with Gasteiger partial charge in [0.2, 0.25) is 11.8 Å². The number of rotatable bonds is 6. The quantitative estimate of drug-likeness (QED) is 0.656. The molecule has 0 saturated heterocycles. The van der Waals surface area contributed by atoms with Crippen molar-refractivity contribution in [1.82, 2.24) is 19.7 Å². The molecule has 0 spiro atoms. The predicted octanol–water partition coefficient (Wildman–Crippen LogP) is 3.63. The highest BCUT2D eigenvalue weighted by Gasteiger charge is 2.34. The van der Waals surface area contributed by atoms with E-state index < -0.39 is 0 Å². The lowest BCUT2D eigenvalue weighted by Crippen LogP contribution is -2.24. The number of amides is 1. The lowest BCUT2D eigenvalue weighted by atomic mass is 10.0. The van der Waals surface area contributed by atoms with Crippen LogP contribution in [0.4, 0.5) is 5.82 Å². The maximum atomic E-state index is 13.2. The van der Waals surface area contributed by atoms with E-state index in [-0.39, 0.29) is 11.5 Å². The van der Waals surface area contributed by atoms with Crippen LogP contribution in [0.3, 0.4) is 0 Å². The van der Waals surface area contributed by atoms with Gasteiger partial charge in [0.05, 0.1) is 18.5 Å². The van der Waals surface area contributed by atoms with Gasteiger partial charge in [-0.05, 0) is 50.8 Å². The summed E-state index contributed by atoms with van der Waals surface area (Å²) < 4.78 is 13.6. The Labute approximate surface area is 180 Å². The smallest absolute Gasteiger partial charge is 0.262 e. The molecule has 5 rings (SSSR count). The number of aryl methyl sites for hydroxylation is 1. The van der Waals surface area contributed by atoms with Crippen molar-refractivity contribution >= 4 is 11.7 Å². The molecule has 0 atom stereocenters. The zero-order valence-corrected chi connectivity index (χ0v) is 17.9. The lowest BCUT2D eigenvalue weighted by Gasteiger charge is -2.16. The number of ether oxygens (including phenoxy) is 2. The molecule has 1 amide bonds. The highest BCUT2D eigenvalue weighted by atomic mass is 16.5. The van der Waals surface area contributed by atoms with Gasteiger partial charge in [0.25, 0.3) is 5.91 Å². The lowest BCUT2D eigenvalue weighted by molar-refractivity contribution is 0.102. The van der Waals surface area contributed by atoms with Crippen molar-refractivity contribution in [3.63, 3.8) is 0 Å². The van der Waals surface area contributed by atoms with Gasteiger partial charge in [-0.25, -0.2) is 4.98 Å². The molecule has 1 aliphatic carbocycles. The summed E-state index contributed by atoms with van der Waals surface area (Å²) >= 11 is 0. The molecule has 1 aliphatic heterocycles. The van der Waals surface area contributed by atoms with Crippen molar-refractivity contribution in [3.8, 4) is 23.0 Å². The number of anilines is 1. The zero-order valence-electron chi connectivity index (χ0n) is 17.9. The minimum atomic E-state index is -0.349. The van der Waals surface area contributed by atoms with Crippen LogP contribution in [0, 0.1) is 5.92 Å². The van der Waals surface area contributed by atoms with Crippen LogP contribution in [0.15, 0.2) is 36.7 Å². The number of pyridine rings is 2. The van der Waals surface area contributed by atoms with Crippen molar-refractivity contribution in [3.05, 3.63) is 47.8 Å². The van der Waals surface area contributed by atoms with Gasteiger partial charge in [0, 0.05) is 30.8 Å². The molecule has 1 N–H and O–H groups in total. The molecule has 3 aromatic rings. The summed E-state index contributed by atoms with van der Waals surface area (Å²) in [6, 6.07) is 7.33. The third-order valence-electron chi connectivity index (χ3n) is 5.40. The molecule has 31 heavy (non-hydrogen) atoms. The number of hydrogen-bond acceptors (Lipinski definition) is 6. The largest absolute Gasteiger partial charge is 0.477 e. The van der Waals surface area contributed by atoms with E-state index in [0.29, 0.717) is 42.1 Å². The molecule has 0 aromatic carbocycles. The normalized spacial score (nSPS) is 16.5. The average Bonchev–Trinajstić information content (AvgIpc) is 3.37. The second-order valence-electron chi connectivity index (χ2n) is 8.86. The minimum Gasteiger partial charge on any atom is -0.477 e. The van der Waals surface area contributed by atoms with Gasteiger partial charge in [-0.3, -0.25) is 9.48 Å². The van der Waals surface area contributed by atoms with E-state index in [0.717, 1.165) is 29.7 Å². The molecule has 2 aliphatic rings. The first-order valence-corrected chi connectivity index (χ1v) is 10.5. The van der Waals surface area contributed by atoms with Gasteiger partial charge in [0.1, 0.15) is 17.0 Å². The molecule has 0 radical (unpaired) electrons. The Balaban J connectivity index is 1.42. The molecule has 4 heterocycles. The molecule has 8 nitrogen and oxygen atoms in total. The van der Waals surface area contributed by atoms with Crippen molar-refractivity contribution in [1.29, 1.82) is 0 Å². The topological polar surface area (TPSA) is 91.2 Å². The van der Waals surface area contributed by atoms with E-state index in [1.807, 2.05) is 45.3 Å². The van der Waals surface area contributed by atoms with Crippen molar-refractivity contribution < 1.29 is 14.3 Å². The molecule has 0 unspecified atom stereocenters. The molecular formula is C23H25N5O3. The van der Waals surface area contributed by atoms with Crippen LogP contribution < -0.4 is 14.8 Å². The van der Waals surface area contributed by atoms with Crippen molar-refractivity contribution in [2.24, 2.45) is 13.0 Å². The summed E-state index contributed by atoms with van der Waals surface area (Å²) in [6.07, 6.45) is 6.61. The SMILES string of the molecule is Cn1cc(-c2cccc(NC(=O)c3cc4c(nc3OCC3CC3)OC(C)(C)C4)n2)cn1. The van der Waals surface area contributed by atoms with Crippen LogP contribution in [0.25, 0.3) is 11.3 Å². The number of carbonyl (C=O) groups is 1. The van der Waals surface area contributed by atoms with Crippen molar-refractivity contribution in [2.45, 2.75) is 38.7 Å². The average molecular weight is 419 g/mol. The first-order valence-electron chi connectivity index (χ1n) is 10.5. The van der Waals surface area contributed by atoms with Crippen LogP contribution in [0.5, 0.6) is 11.8 Å². The fourth-order valence-corrected chi connectivity index (χ4v) is 3.65. The standard InChI is InChI=1S/C23H25N5O3/c1-23(2)10-15-9-17(22(27-21(15)31-23)30-13-14-7-8-14)20(29)26-19-6-4-5-18(25-19)16-11-24-28(3)12-16/h4-6,9,11-12,14H,7-8,10,13H2,1-3H3,(H,25,26,29). The van der Waals surface area contributed by atoms with Crippen LogP contribution in [-0.2, 0) is 13.5 Å². The van der Waals surface area contributed by atoms with Crippen LogP contribution in [0.2, 0.25) is 0 Å². The Bertz CT molecular complexity index is 1150. The van der Waals surface area contributed by atoms with Crippen LogP contribution in [-0.4, -0.2) is 37.9 Å². The third kappa shape index (κ3) is 4.23. The van der Waals surface area contributed by atoms with Crippen molar-refractivity contribution in [2.75, 3.05) is 11.9 Å². The summed E-state index contributed by atoms with van der Waals surface area (Å²) in [5, 5.41) is 7.07. The number of fused-ring (bicyclic) bond motifs is 1. The third-order valence-corrected chi connectivity index (χ3v) is 5.40. The van der Waals surface area contributed by atoms with Gasteiger partial charge >= 0.3 is 0 Å². The van der Waals surface area contributed by atoms with Gasteiger partial charge < -0.3 is 14.8 Å². The Kier molecular flexibility index (Phi) is 4.64. The van der Waals surface area contributed by atoms with Crippen LogP contribution >= 0.6 is 0 Å². The highest BCUT2D eigenvalue weighted by Crippen LogP contribution is 2.37. The minimum absolute atomic E-state index is 0.304. The predicted molar refractivity (Wildman–Crippen MR) is 115 cm³/mol. The fraction of sp³-hybridized carbons (Fsp3) is 0.391. The monoisotopic (exact) mass is 419 g/mol. The van der Waals surface area contributed by atoms with Gasteiger partial charge in [-0.15, -0.1) is 0 Å². The number of hydrogen-bond donors (Lipinski definition) is 1. The Morgan fingerprint density at radius 1 is 1.32 bits per heavy atom. The molecule has 1 saturated carbocycles. The molecule has 160 valence electrons. The van der Waals surface area contributed by atoms with E-state index >= 15 is 0 Å². The first kappa shape index (κ1) is 19.5. The molecule has 1 fully saturated rings. The second kappa shape index (κ2) is 7.37. The van der Waals surface area contributed by atoms with Gasteiger partial charge in [0.15, 0.2) is 0 Å². The number of nitrogens with one attached hydrogen (secondary N) is 1. The maximum absolute atomic E-state index is 13.2. The molecule has 8 heteroatoms. The Morgan fingerprint density at radius 3 is 2.90 bits per heavy atom. The van der Waals surface area contributed by atoms with E-state index in [1.54, 1.807) is 16.9 Å². The van der Waals surface area contributed by atoms with E-state index in [9.17, 15) is 4.79 Å². The zero-order chi connectivity index (χ0) is 21.6. The number of nitrogens with zero attached hydrogens (tertiary/aromatic N) is 4. The fourth-order valence-electron chi connectivity index (χ4n) is 3.65. The summed E-state index contributed by atoms with van der Waals surface area (Å²) in [7, 11) is 1.85. The van der Waals surface area contributed by atoms with E-state index in [4.69, 9.17) is 9.47 Å². The summed E-state index contributed by atoms with van der Waals surface area (Å²) in [4.78, 5) is 22.3. The summed E-state index contributed by atoms with van der Waals surface area (Å²) in [5.74, 6) is 1.55. The van der Waals surface area contributed by atoms with Crippen LogP contribution in [0.1, 0.15) is 42.6 Å². The maximum Gasteiger partial charge on any atom is 0.262 e. The van der Waals surface area contributed by atoms with Gasteiger partial charge in [-0.2, -0.15) is 10.1 Å². The molecular weight excluding hydrogens is 394 g/mol. The summed E-state index contributed by atoms with van der Waals surface area (Å²) in [6.45, 7) is 4.57. The number of carbonyl (C=O) groups excluding carboxylic acids is 1. The number of aromatic nitrogens is 4. The molecule has 3 aromatic heterocycles. The highest BCUT2D eigenvalue weighted by molar-refractivity contribution is 6.05. The van der Waals surface area contributed by atoms with Gasteiger partial charge in [-0.1, -0.05) is 6.07 Å². The second-order valence-corrected chi connectivity index (χ2v) is 8.86.